The van der Waals surface area contributed by atoms with E-state index < -0.39 is 11.9 Å². The molecule has 0 saturated carbocycles. The van der Waals surface area contributed by atoms with Crippen LogP contribution >= 0.6 is 0 Å². The number of hydrogen-bond acceptors (Lipinski definition) is 3. The van der Waals surface area contributed by atoms with Crippen molar-refractivity contribution in [3.8, 4) is 11.8 Å². The second-order valence-corrected chi connectivity index (χ2v) is 2.79. The lowest BCUT2D eigenvalue weighted by molar-refractivity contribution is -0.136. The highest BCUT2D eigenvalue weighted by Crippen LogP contribution is 2.05. The summed E-state index contributed by atoms with van der Waals surface area (Å²) in [5.41, 5.74) is 1.16. The summed E-state index contributed by atoms with van der Waals surface area (Å²) in [6.45, 7) is 3.68. The van der Waals surface area contributed by atoms with Crippen LogP contribution in [0.1, 0.15) is 18.1 Å². The van der Waals surface area contributed by atoms with Crippen molar-refractivity contribution >= 4 is 5.97 Å². The van der Waals surface area contributed by atoms with Crippen LogP contribution in [-0.4, -0.2) is 17.6 Å². The number of pyridine rings is 1. The topological polar surface area (TPSA) is 39.2 Å². The van der Waals surface area contributed by atoms with Gasteiger partial charge in [-0.15, -0.1) is 0 Å². The van der Waals surface area contributed by atoms with Crippen molar-refractivity contribution in [2.75, 3.05) is 6.61 Å². The molecule has 0 fully saturated rings. The summed E-state index contributed by atoms with van der Waals surface area (Å²) in [6, 6.07) is 1.26. The van der Waals surface area contributed by atoms with Gasteiger partial charge in [0, 0.05) is 17.7 Å². The fourth-order valence-electron chi connectivity index (χ4n) is 0.938. The van der Waals surface area contributed by atoms with Gasteiger partial charge in [-0.25, -0.2) is 9.78 Å². The van der Waals surface area contributed by atoms with Gasteiger partial charge in [-0.2, -0.15) is 4.39 Å². The third-order valence-corrected chi connectivity index (χ3v) is 1.65. The van der Waals surface area contributed by atoms with Crippen LogP contribution in [0.2, 0.25) is 0 Å². The Morgan fingerprint density at radius 1 is 1.67 bits per heavy atom. The van der Waals surface area contributed by atoms with Crippen LogP contribution in [-0.2, 0) is 9.53 Å². The highest BCUT2D eigenvalue weighted by atomic mass is 19.1. The first kappa shape index (κ1) is 11.2. The third-order valence-electron chi connectivity index (χ3n) is 1.65. The first-order valence-corrected chi connectivity index (χ1v) is 4.44. The maximum atomic E-state index is 12.6. The van der Waals surface area contributed by atoms with Crippen molar-refractivity contribution in [3.05, 3.63) is 29.3 Å². The number of nitrogens with zero attached hydrogens (tertiary/aromatic N) is 1. The predicted molar refractivity (Wildman–Crippen MR) is 52.4 cm³/mol. The van der Waals surface area contributed by atoms with E-state index in [-0.39, 0.29) is 6.61 Å². The Balaban J connectivity index is 2.84. The van der Waals surface area contributed by atoms with Crippen molar-refractivity contribution in [2.24, 2.45) is 0 Å². The minimum absolute atomic E-state index is 0.286. The van der Waals surface area contributed by atoms with E-state index in [2.05, 4.69) is 21.6 Å². The number of halogens is 1. The normalized spacial score (nSPS) is 9.00. The van der Waals surface area contributed by atoms with Gasteiger partial charge in [0.05, 0.1) is 6.61 Å². The van der Waals surface area contributed by atoms with Gasteiger partial charge >= 0.3 is 5.97 Å². The minimum Gasteiger partial charge on any atom is -0.456 e. The average molecular weight is 207 g/mol. The van der Waals surface area contributed by atoms with Crippen LogP contribution in [0.4, 0.5) is 4.39 Å². The second kappa shape index (κ2) is 5.11. The van der Waals surface area contributed by atoms with Gasteiger partial charge in [-0.3, -0.25) is 0 Å². The van der Waals surface area contributed by atoms with Crippen molar-refractivity contribution < 1.29 is 13.9 Å². The van der Waals surface area contributed by atoms with E-state index in [4.69, 9.17) is 0 Å². The first-order valence-electron chi connectivity index (χ1n) is 4.44. The van der Waals surface area contributed by atoms with Crippen LogP contribution < -0.4 is 0 Å². The number of hydrogen-bond donors (Lipinski definition) is 0. The standard InChI is InChI=1S/C11H10FNO2/c1-3-15-11(14)5-4-9-7-13-10(12)6-8(9)2/h6-7H,3H2,1-2H3. The van der Waals surface area contributed by atoms with Crippen molar-refractivity contribution in [2.45, 2.75) is 13.8 Å². The lowest BCUT2D eigenvalue weighted by Crippen LogP contribution is -2.00. The molecule has 3 nitrogen and oxygen atoms in total. The van der Waals surface area contributed by atoms with E-state index in [0.717, 1.165) is 0 Å². The highest BCUT2D eigenvalue weighted by Gasteiger charge is 1.98. The zero-order valence-electron chi connectivity index (χ0n) is 8.50. The molecule has 1 aromatic rings. The Morgan fingerprint density at radius 3 is 3.00 bits per heavy atom. The van der Waals surface area contributed by atoms with Crippen molar-refractivity contribution in [1.82, 2.24) is 4.98 Å². The van der Waals surface area contributed by atoms with E-state index in [9.17, 15) is 9.18 Å². The van der Waals surface area contributed by atoms with E-state index in [0.29, 0.717) is 11.1 Å². The molecule has 0 aliphatic carbocycles. The third kappa shape index (κ3) is 3.39. The molecule has 0 atom stereocenters. The van der Waals surface area contributed by atoms with Gasteiger partial charge in [-0.05, 0) is 25.5 Å². The van der Waals surface area contributed by atoms with Gasteiger partial charge in [-0.1, -0.05) is 5.92 Å². The van der Waals surface area contributed by atoms with Crippen LogP contribution in [0.5, 0.6) is 0 Å². The molecule has 0 bridgehead atoms. The predicted octanol–water partition coefficient (Wildman–Crippen LogP) is 1.44. The second-order valence-electron chi connectivity index (χ2n) is 2.79. The molecule has 0 aliphatic heterocycles. The Labute approximate surface area is 87.3 Å². The number of carbonyl (C=O) groups excluding carboxylic acids is 1. The maximum Gasteiger partial charge on any atom is 0.384 e. The Kier molecular flexibility index (Phi) is 3.81. The number of esters is 1. The average Bonchev–Trinajstić information content (AvgIpc) is 2.17. The molecule has 1 aromatic heterocycles. The molecule has 0 radical (unpaired) electrons. The summed E-state index contributed by atoms with van der Waals surface area (Å²) in [5.74, 6) is 3.70. The maximum absolute atomic E-state index is 12.6. The Bertz CT molecular complexity index is 432. The van der Waals surface area contributed by atoms with Crippen molar-refractivity contribution in [3.63, 3.8) is 0 Å². The molecular formula is C11H10FNO2. The SMILES string of the molecule is CCOC(=O)C#Cc1cnc(F)cc1C. The van der Waals surface area contributed by atoms with Crippen LogP contribution in [0.15, 0.2) is 12.3 Å². The smallest absolute Gasteiger partial charge is 0.384 e. The van der Waals surface area contributed by atoms with Crippen LogP contribution in [0.3, 0.4) is 0 Å². The summed E-state index contributed by atoms with van der Waals surface area (Å²) < 4.78 is 17.2. The summed E-state index contributed by atoms with van der Waals surface area (Å²) >= 11 is 0. The van der Waals surface area contributed by atoms with Gasteiger partial charge in [0.15, 0.2) is 0 Å². The van der Waals surface area contributed by atoms with Crippen LogP contribution in [0, 0.1) is 24.7 Å². The molecule has 0 spiro atoms. The van der Waals surface area contributed by atoms with Gasteiger partial charge < -0.3 is 4.74 Å². The minimum atomic E-state index is -0.596. The van der Waals surface area contributed by atoms with E-state index >= 15 is 0 Å². The zero-order chi connectivity index (χ0) is 11.3. The lowest BCUT2D eigenvalue weighted by Gasteiger charge is -1.96. The largest absolute Gasteiger partial charge is 0.456 e. The number of carbonyl (C=O) groups is 1. The zero-order valence-corrected chi connectivity index (χ0v) is 8.50. The summed E-state index contributed by atoms with van der Waals surface area (Å²) in [6.07, 6.45) is 1.29. The number of ether oxygens (including phenoxy) is 1. The molecule has 0 unspecified atom stereocenters. The summed E-state index contributed by atoms with van der Waals surface area (Å²) in [4.78, 5) is 14.3. The van der Waals surface area contributed by atoms with E-state index in [1.165, 1.54) is 12.3 Å². The molecule has 1 rings (SSSR count). The number of aromatic nitrogens is 1. The molecule has 1 heterocycles. The number of aryl methyl sites for hydroxylation is 1. The quantitative estimate of drug-likeness (QED) is 0.397. The molecule has 0 N–H and O–H groups in total. The monoisotopic (exact) mass is 207 g/mol. The van der Waals surface area contributed by atoms with E-state index in [1.807, 2.05) is 0 Å². The Hall–Kier alpha value is -1.89. The molecule has 0 saturated heterocycles. The molecule has 0 aliphatic rings. The first-order chi connectivity index (χ1) is 7.13. The molecule has 78 valence electrons. The Morgan fingerprint density at radius 2 is 2.40 bits per heavy atom. The molecule has 4 heteroatoms. The van der Waals surface area contributed by atoms with E-state index in [1.54, 1.807) is 13.8 Å². The number of rotatable bonds is 1. The molecule has 0 amide bonds. The fourth-order valence-corrected chi connectivity index (χ4v) is 0.938. The highest BCUT2D eigenvalue weighted by molar-refractivity contribution is 5.89. The summed E-state index contributed by atoms with van der Waals surface area (Å²) in [5, 5.41) is 0. The summed E-state index contributed by atoms with van der Waals surface area (Å²) in [7, 11) is 0. The molecular weight excluding hydrogens is 197 g/mol. The van der Waals surface area contributed by atoms with Crippen LogP contribution in [0.25, 0.3) is 0 Å². The fraction of sp³-hybridized carbons (Fsp3) is 0.273. The van der Waals surface area contributed by atoms with Gasteiger partial charge in [0.1, 0.15) is 0 Å². The van der Waals surface area contributed by atoms with Gasteiger partial charge in [0.2, 0.25) is 5.95 Å². The lowest BCUT2D eigenvalue weighted by atomic mass is 10.2. The van der Waals surface area contributed by atoms with Crippen molar-refractivity contribution in [1.29, 1.82) is 0 Å². The molecule has 15 heavy (non-hydrogen) atoms. The van der Waals surface area contributed by atoms with Gasteiger partial charge in [0.25, 0.3) is 0 Å². The molecule has 0 aromatic carbocycles.